The Hall–Kier alpha value is -2.24. The predicted molar refractivity (Wildman–Crippen MR) is 55.7 cm³/mol. The Morgan fingerprint density at radius 3 is 2.94 bits per heavy atom. The molecule has 1 atom stereocenters. The van der Waals surface area contributed by atoms with E-state index in [1.54, 1.807) is 6.07 Å². The fraction of sp³-hybridized carbons (Fsp3) is 0.182. The number of benzene rings is 1. The number of hydrogen-bond acceptors (Lipinski definition) is 4. The van der Waals surface area contributed by atoms with Crippen LogP contribution >= 0.6 is 0 Å². The molecule has 1 N–H and O–H groups in total. The van der Waals surface area contributed by atoms with E-state index in [1.807, 2.05) is 0 Å². The Bertz CT molecular complexity index is 553. The van der Waals surface area contributed by atoms with Crippen molar-refractivity contribution in [1.29, 1.82) is 0 Å². The van der Waals surface area contributed by atoms with Gasteiger partial charge < -0.3 is 9.63 Å². The number of carbonyl (C=O) groups is 1. The first kappa shape index (κ1) is 11.3. The van der Waals surface area contributed by atoms with Crippen molar-refractivity contribution in [3.63, 3.8) is 0 Å². The summed E-state index contributed by atoms with van der Waals surface area (Å²) >= 11 is 0. The van der Waals surface area contributed by atoms with Crippen molar-refractivity contribution in [3.05, 3.63) is 35.9 Å². The van der Waals surface area contributed by atoms with Gasteiger partial charge in [0.2, 0.25) is 0 Å². The van der Waals surface area contributed by atoms with Crippen LogP contribution in [0.25, 0.3) is 11.5 Å². The molecule has 1 unspecified atom stereocenters. The third-order valence-corrected chi connectivity index (χ3v) is 2.27. The summed E-state index contributed by atoms with van der Waals surface area (Å²) in [5.41, 5.74) is 0.418. The van der Waals surface area contributed by atoms with Crippen LogP contribution < -0.4 is 0 Å². The maximum Gasteiger partial charge on any atom is 0.314 e. The topological polar surface area (TPSA) is 76.2 Å². The Balaban J connectivity index is 2.33. The summed E-state index contributed by atoms with van der Waals surface area (Å²) < 4.78 is 17.8. The van der Waals surface area contributed by atoms with Crippen LogP contribution in [0.5, 0.6) is 0 Å². The first-order chi connectivity index (χ1) is 8.08. The standard InChI is InChI=1S/C11H9FN2O3/c1-6(11(15)16)9-13-10(17-14-9)7-3-2-4-8(12)5-7/h2-6H,1H3,(H,15,16). The fourth-order valence-corrected chi connectivity index (χ4v) is 1.26. The molecule has 88 valence electrons. The molecule has 5 nitrogen and oxygen atoms in total. The van der Waals surface area contributed by atoms with Gasteiger partial charge >= 0.3 is 5.97 Å². The van der Waals surface area contributed by atoms with Gasteiger partial charge in [0.05, 0.1) is 0 Å². The molecule has 0 bridgehead atoms. The summed E-state index contributed by atoms with van der Waals surface area (Å²) in [6, 6.07) is 5.64. The van der Waals surface area contributed by atoms with Gasteiger partial charge in [0, 0.05) is 5.56 Å². The minimum absolute atomic E-state index is 0.0664. The molecule has 0 aliphatic carbocycles. The Labute approximate surface area is 95.9 Å². The number of carboxylic acids is 1. The van der Waals surface area contributed by atoms with E-state index in [0.29, 0.717) is 5.56 Å². The SMILES string of the molecule is CC(C(=O)O)c1noc(-c2cccc(F)c2)n1. The van der Waals surface area contributed by atoms with Crippen molar-refractivity contribution in [2.45, 2.75) is 12.8 Å². The van der Waals surface area contributed by atoms with Crippen LogP contribution in [0.15, 0.2) is 28.8 Å². The van der Waals surface area contributed by atoms with Crippen LogP contribution in [-0.2, 0) is 4.79 Å². The first-order valence-electron chi connectivity index (χ1n) is 4.90. The van der Waals surface area contributed by atoms with E-state index >= 15 is 0 Å². The lowest BCUT2D eigenvalue weighted by Crippen LogP contribution is -2.08. The molecule has 2 rings (SSSR count). The highest BCUT2D eigenvalue weighted by Gasteiger charge is 2.20. The molecular formula is C11H9FN2O3. The number of halogens is 1. The van der Waals surface area contributed by atoms with E-state index < -0.39 is 17.7 Å². The molecule has 0 radical (unpaired) electrons. The van der Waals surface area contributed by atoms with E-state index in [4.69, 9.17) is 9.63 Å². The van der Waals surface area contributed by atoms with Crippen LogP contribution in [0.4, 0.5) is 4.39 Å². The molecular weight excluding hydrogens is 227 g/mol. The third kappa shape index (κ3) is 2.30. The van der Waals surface area contributed by atoms with Crippen LogP contribution in [0.2, 0.25) is 0 Å². The zero-order valence-electron chi connectivity index (χ0n) is 8.92. The molecule has 6 heteroatoms. The number of carboxylic acid groups (broad SMARTS) is 1. The van der Waals surface area contributed by atoms with E-state index in [1.165, 1.54) is 25.1 Å². The maximum atomic E-state index is 13.0. The van der Waals surface area contributed by atoms with Crippen molar-refractivity contribution in [1.82, 2.24) is 10.1 Å². The van der Waals surface area contributed by atoms with Crippen molar-refractivity contribution >= 4 is 5.97 Å². The van der Waals surface area contributed by atoms with Crippen molar-refractivity contribution in [2.24, 2.45) is 0 Å². The van der Waals surface area contributed by atoms with Gasteiger partial charge in [-0.15, -0.1) is 0 Å². The average molecular weight is 236 g/mol. The van der Waals surface area contributed by atoms with Crippen LogP contribution in [0.3, 0.4) is 0 Å². The number of rotatable bonds is 3. The molecule has 0 saturated heterocycles. The number of aromatic nitrogens is 2. The molecule has 0 saturated carbocycles. The fourth-order valence-electron chi connectivity index (χ4n) is 1.26. The van der Waals surface area contributed by atoms with Gasteiger partial charge in [-0.1, -0.05) is 11.2 Å². The van der Waals surface area contributed by atoms with Gasteiger partial charge in [-0.3, -0.25) is 4.79 Å². The summed E-state index contributed by atoms with van der Waals surface area (Å²) in [7, 11) is 0. The molecule has 0 fully saturated rings. The Kier molecular flexibility index (Phi) is 2.86. The molecule has 2 aromatic rings. The summed E-state index contributed by atoms with van der Waals surface area (Å²) in [6.45, 7) is 1.45. The largest absolute Gasteiger partial charge is 0.481 e. The molecule has 1 aromatic carbocycles. The molecule has 17 heavy (non-hydrogen) atoms. The summed E-state index contributed by atoms with van der Waals surface area (Å²) in [5.74, 6) is -2.16. The highest BCUT2D eigenvalue weighted by molar-refractivity contribution is 5.74. The second kappa shape index (κ2) is 4.32. The lowest BCUT2D eigenvalue weighted by atomic mass is 10.2. The van der Waals surface area contributed by atoms with E-state index in [2.05, 4.69) is 10.1 Å². The second-order valence-corrected chi connectivity index (χ2v) is 3.53. The molecule has 0 aliphatic heterocycles. The van der Waals surface area contributed by atoms with Crippen molar-refractivity contribution in [2.75, 3.05) is 0 Å². The van der Waals surface area contributed by atoms with Gasteiger partial charge in [0.15, 0.2) is 5.82 Å². The van der Waals surface area contributed by atoms with Crippen molar-refractivity contribution in [3.8, 4) is 11.5 Å². The monoisotopic (exact) mass is 236 g/mol. The molecule has 0 amide bonds. The quantitative estimate of drug-likeness (QED) is 0.882. The zero-order chi connectivity index (χ0) is 12.4. The lowest BCUT2D eigenvalue weighted by Gasteiger charge is -1.96. The average Bonchev–Trinajstić information content (AvgIpc) is 2.77. The zero-order valence-corrected chi connectivity index (χ0v) is 8.92. The summed E-state index contributed by atoms with van der Waals surface area (Å²) in [4.78, 5) is 14.6. The number of hydrogen-bond donors (Lipinski definition) is 1. The Morgan fingerprint density at radius 2 is 2.29 bits per heavy atom. The maximum absolute atomic E-state index is 13.0. The van der Waals surface area contributed by atoms with E-state index in [0.717, 1.165) is 0 Å². The molecule has 1 aromatic heterocycles. The van der Waals surface area contributed by atoms with Gasteiger partial charge in [-0.2, -0.15) is 4.98 Å². The van der Waals surface area contributed by atoms with Crippen LogP contribution in [-0.4, -0.2) is 21.2 Å². The van der Waals surface area contributed by atoms with Crippen LogP contribution in [0.1, 0.15) is 18.7 Å². The minimum atomic E-state index is -1.04. The third-order valence-electron chi connectivity index (χ3n) is 2.27. The van der Waals surface area contributed by atoms with Crippen molar-refractivity contribution < 1.29 is 18.8 Å². The molecule has 0 spiro atoms. The van der Waals surface area contributed by atoms with Gasteiger partial charge in [0.25, 0.3) is 5.89 Å². The minimum Gasteiger partial charge on any atom is -0.481 e. The van der Waals surface area contributed by atoms with Gasteiger partial charge in [-0.25, -0.2) is 4.39 Å². The lowest BCUT2D eigenvalue weighted by molar-refractivity contribution is -0.138. The predicted octanol–water partition coefficient (Wildman–Crippen LogP) is 2.06. The molecule has 1 heterocycles. The molecule has 0 aliphatic rings. The smallest absolute Gasteiger partial charge is 0.314 e. The summed E-state index contributed by atoms with van der Waals surface area (Å²) in [6.07, 6.45) is 0. The highest BCUT2D eigenvalue weighted by Crippen LogP contribution is 2.20. The van der Waals surface area contributed by atoms with Gasteiger partial charge in [0.1, 0.15) is 11.7 Å². The first-order valence-corrected chi connectivity index (χ1v) is 4.90. The van der Waals surface area contributed by atoms with E-state index in [-0.39, 0.29) is 11.7 Å². The van der Waals surface area contributed by atoms with E-state index in [9.17, 15) is 9.18 Å². The highest BCUT2D eigenvalue weighted by atomic mass is 19.1. The normalized spacial score (nSPS) is 12.4. The van der Waals surface area contributed by atoms with Gasteiger partial charge in [-0.05, 0) is 25.1 Å². The summed E-state index contributed by atoms with van der Waals surface area (Å²) in [5, 5.41) is 12.3. The second-order valence-electron chi connectivity index (χ2n) is 3.53. The number of nitrogens with zero attached hydrogens (tertiary/aromatic N) is 2. The Morgan fingerprint density at radius 1 is 1.53 bits per heavy atom. The van der Waals surface area contributed by atoms with Crippen LogP contribution in [0, 0.1) is 5.82 Å². The number of aliphatic carboxylic acids is 1.